The van der Waals surface area contributed by atoms with Gasteiger partial charge in [-0.15, -0.1) is 0 Å². The Kier molecular flexibility index (Phi) is 6.51. The predicted molar refractivity (Wildman–Crippen MR) is 108 cm³/mol. The van der Waals surface area contributed by atoms with E-state index in [1.165, 1.54) is 0 Å². The van der Waals surface area contributed by atoms with Gasteiger partial charge in [0.25, 0.3) is 0 Å². The van der Waals surface area contributed by atoms with Gasteiger partial charge in [-0.1, -0.05) is 6.92 Å². The summed E-state index contributed by atoms with van der Waals surface area (Å²) >= 11 is 0. The Morgan fingerprint density at radius 2 is 1.83 bits per heavy atom. The fourth-order valence-electron chi connectivity index (χ4n) is 3.18. The summed E-state index contributed by atoms with van der Waals surface area (Å²) in [5.74, 6) is -1.13. The third-order valence-electron chi connectivity index (χ3n) is 4.67. The SMILES string of the molecule is CCOC(=O)C1=C(COC(=O)c2ccc(-n3nccc3C)cc2)NC(=O)N[C@@H]1CC. The molecule has 0 fully saturated rings. The van der Waals surface area contributed by atoms with Crippen molar-refractivity contribution in [2.24, 2.45) is 0 Å². The first kappa shape index (κ1) is 21.1. The van der Waals surface area contributed by atoms with Crippen molar-refractivity contribution < 1.29 is 23.9 Å². The topological polar surface area (TPSA) is 112 Å². The number of nitrogens with zero attached hydrogens (tertiary/aromatic N) is 2. The Hall–Kier alpha value is -3.62. The van der Waals surface area contributed by atoms with Crippen LogP contribution >= 0.6 is 0 Å². The zero-order valence-electron chi connectivity index (χ0n) is 17.1. The van der Waals surface area contributed by atoms with Gasteiger partial charge in [0.2, 0.25) is 0 Å². The average molecular weight is 412 g/mol. The molecule has 1 aromatic heterocycles. The van der Waals surface area contributed by atoms with Gasteiger partial charge in [-0.25, -0.2) is 19.1 Å². The maximum Gasteiger partial charge on any atom is 0.338 e. The summed E-state index contributed by atoms with van der Waals surface area (Å²) in [4.78, 5) is 36.7. The van der Waals surface area contributed by atoms with Gasteiger partial charge in [0.1, 0.15) is 6.61 Å². The van der Waals surface area contributed by atoms with Crippen molar-refractivity contribution in [2.45, 2.75) is 33.2 Å². The fourth-order valence-corrected chi connectivity index (χ4v) is 3.18. The van der Waals surface area contributed by atoms with Crippen LogP contribution in [-0.4, -0.2) is 47.0 Å². The molecular weight excluding hydrogens is 388 g/mol. The van der Waals surface area contributed by atoms with Crippen molar-refractivity contribution in [3.8, 4) is 5.69 Å². The molecule has 0 bridgehead atoms. The number of hydrogen-bond acceptors (Lipinski definition) is 6. The Labute approximate surface area is 174 Å². The first-order valence-corrected chi connectivity index (χ1v) is 9.70. The van der Waals surface area contributed by atoms with E-state index in [1.807, 2.05) is 19.9 Å². The normalized spacial score (nSPS) is 16.0. The maximum absolute atomic E-state index is 12.5. The van der Waals surface area contributed by atoms with Crippen LogP contribution in [0.3, 0.4) is 0 Å². The smallest absolute Gasteiger partial charge is 0.338 e. The van der Waals surface area contributed by atoms with Crippen molar-refractivity contribution in [3.05, 3.63) is 59.1 Å². The summed E-state index contributed by atoms with van der Waals surface area (Å²) in [5.41, 5.74) is 2.61. The molecule has 0 radical (unpaired) electrons. The number of hydrogen-bond donors (Lipinski definition) is 2. The van der Waals surface area contributed by atoms with Crippen LogP contribution in [0.25, 0.3) is 5.69 Å². The molecule has 3 rings (SSSR count). The van der Waals surface area contributed by atoms with E-state index >= 15 is 0 Å². The fraction of sp³-hybridized carbons (Fsp3) is 0.333. The maximum atomic E-state index is 12.5. The number of urea groups is 1. The van der Waals surface area contributed by atoms with Crippen molar-refractivity contribution in [1.82, 2.24) is 20.4 Å². The lowest BCUT2D eigenvalue weighted by atomic mass is 10.0. The number of amides is 2. The number of esters is 2. The lowest BCUT2D eigenvalue weighted by molar-refractivity contribution is -0.139. The molecule has 9 nitrogen and oxygen atoms in total. The van der Waals surface area contributed by atoms with Gasteiger partial charge in [0.15, 0.2) is 0 Å². The number of carbonyl (C=O) groups is 3. The molecule has 1 atom stereocenters. The second-order valence-electron chi connectivity index (χ2n) is 6.68. The van der Waals surface area contributed by atoms with Gasteiger partial charge in [0, 0.05) is 11.9 Å². The molecule has 0 saturated heterocycles. The van der Waals surface area contributed by atoms with Crippen molar-refractivity contribution in [3.63, 3.8) is 0 Å². The Bertz CT molecular complexity index is 978. The van der Waals surface area contributed by atoms with Gasteiger partial charge in [-0.2, -0.15) is 5.10 Å². The van der Waals surface area contributed by atoms with Gasteiger partial charge in [0.05, 0.1) is 35.2 Å². The molecule has 0 spiro atoms. The zero-order chi connectivity index (χ0) is 21.7. The Morgan fingerprint density at radius 1 is 1.10 bits per heavy atom. The minimum absolute atomic E-state index is 0.196. The van der Waals surface area contributed by atoms with Crippen LogP contribution in [0.1, 0.15) is 36.3 Å². The van der Waals surface area contributed by atoms with E-state index in [0.29, 0.717) is 12.0 Å². The molecule has 0 aliphatic carbocycles. The molecule has 0 saturated carbocycles. The second kappa shape index (κ2) is 9.25. The third-order valence-corrected chi connectivity index (χ3v) is 4.67. The molecule has 2 amide bonds. The van der Waals surface area contributed by atoms with Crippen molar-refractivity contribution >= 4 is 18.0 Å². The number of rotatable bonds is 7. The predicted octanol–water partition coefficient (Wildman–Crippen LogP) is 2.25. The highest BCUT2D eigenvalue weighted by Crippen LogP contribution is 2.18. The molecule has 9 heteroatoms. The summed E-state index contributed by atoms with van der Waals surface area (Å²) in [6, 6.07) is 7.71. The zero-order valence-corrected chi connectivity index (χ0v) is 17.1. The van der Waals surface area contributed by atoms with Crippen LogP contribution in [0, 0.1) is 6.92 Å². The monoisotopic (exact) mass is 412 g/mol. The van der Waals surface area contributed by atoms with E-state index in [4.69, 9.17) is 9.47 Å². The van der Waals surface area contributed by atoms with Crippen LogP contribution in [0.4, 0.5) is 4.79 Å². The third kappa shape index (κ3) is 4.51. The van der Waals surface area contributed by atoms with Crippen LogP contribution in [0.2, 0.25) is 0 Å². The van der Waals surface area contributed by atoms with E-state index in [2.05, 4.69) is 15.7 Å². The molecule has 0 unspecified atom stereocenters. The highest BCUT2D eigenvalue weighted by molar-refractivity contribution is 5.95. The first-order valence-electron chi connectivity index (χ1n) is 9.70. The van der Waals surface area contributed by atoms with E-state index in [9.17, 15) is 14.4 Å². The largest absolute Gasteiger partial charge is 0.463 e. The lowest BCUT2D eigenvalue weighted by Crippen LogP contribution is -2.51. The van der Waals surface area contributed by atoms with Crippen LogP contribution in [0.15, 0.2) is 47.8 Å². The summed E-state index contributed by atoms with van der Waals surface area (Å²) in [7, 11) is 0. The molecule has 1 aliphatic heterocycles. The quantitative estimate of drug-likeness (QED) is 0.675. The Morgan fingerprint density at radius 3 is 2.43 bits per heavy atom. The summed E-state index contributed by atoms with van der Waals surface area (Å²) in [6.07, 6.45) is 2.19. The van der Waals surface area contributed by atoms with Crippen molar-refractivity contribution in [1.29, 1.82) is 0 Å². The standard InChI is InChI=1S/C21H24N4O5/c1-4-16-18(20(27)29-5-2)17(24-21(28)23-16)12-30-19(26)14-6-8-15(9-7-14)25-13(3)10-11-22-25/h6-11,16H,4-5,12H2,1-3H3,(H2,23,24,28)/t16-/m1/s1. The van der Waals surface area contributed by atoms with E-state index < -0.39 is 24.0 Å². The van der Waals surface area contributed by atoms with E-state index in [-0.39, 0.29) is 24.5 Å². The summed E-state index contributed by atoms with van der Waals surface area (Å²) in [5, 5.41) is 9.45. The lowest BCUT2D eigenvalue weighted by Gasteiger charge is -2.28. The summed E-state index contributed by atoms with van der Waals surface area (Å²) in [6.45, 7) is 5.41. The average Bonchev–Trinajstić information content (AvgIpc) is 3.17. The Balaban J connectivity index is 1.75. The molecule has 1 aromatic carbocycles. The van der Waals surface area contributed by atoms with Crippen molar-refractivity contribution in [2.75, 3.05) is 13.2 Å². The number of nitrogens with one attached hydrogen (secondary N) is 2. The summed E-state index contributed by atoms with van der Waals surface area (Å²) < 4.78 is 12.2. The molecule has 30 heavy (non-hydrogen) atoms. The first-order chi connectivity index (χ1) is 14.4. The van der Waals surface area contributed by atoms with E-state index in [0.717, 1.165) is 11.4 Å². The van der Waals surface area contributed by atoms with Crippen LogP contribution in [0.5, 0.6) is 0 Å². The number of carbonyl (C=O) groups excluding carboxylic acids is 3. The number of aromatic nitrogens is 2. The molecule has 1 aliphatic rings. The molecule has 2 heterocycles. The second-order valence-corrected chi connectivity index (χ2v) is 6.68. The highest BCUT2D eigenvalue weighted by Gasteiger charge is 2.32. The minimum Gasteiger partial charge on any atom is -0.463 e. The van der Waals surface area contributed by atoms with Gasteiger partial charge in [-0.05, 0) is 50.6 Å². The van der Waals surface area contributed by atoms with Crippen LogP contribution < -0.4 is 10.6 Å². The number of benzene rings is 1. The van der Waals surface area contributed by atoms with E-state index in [1.54, 1.807) is 42.1 Å². The molecule has 158 valence electrons. The molecule has 2 N–H and O–H groups in total. The van der Waals surface area contributed by atoms with Gasteiger partial charge < -0.3 is 20.1 Å². The highest BCUT2D eigenvalue weighted by atomic mass is 16.5. The van der Waals surface area contributed by atoms with Gasteiger partial charge >= 0.3 is 18.0 Å². The minimum atomic E-state index is -0.574. The number of ether oxygens (including phenoxy) is 2. The number of aryl methyl sites for hydroxylation is 1. The van der Waals surface area contributed by atoms with Gasteiger partial charge in [-0.3, -0.25) is 0 Å². The molecular formula is C21H24N4O5. The molecule has 2 aromatic rings. The van der Waals surface area contributed by atoms with Crippen LogP contribution in [-0.2, 0) is 14.3 Å².